The molecular weight excluding hydrogens is 388 g/mol. The first-order valence-electron chi connectivity index (χ1n) is 10.5. The average molecular weight is 417 g/mol. The fourth-order valence-electron chi connectivity index (χ4n) is 4.18. The van der Waals surface area contributed by atoms with E-state index in [-0.39, 0.29) is 18.0 Å². The van der Waals surface area contributed by atoms with Gasteiger partial charge < -0.3 is 15.4 Å². The van der Waals surface area contributed by atoms with Crippen molar-refractivity contribution < 1.29 is 9.53 Å². The molecule has 31 heavy (non-hydrogen) atoms. The summed E-state index contributed by atoms with van der Waals surface area (Å²) in [6.07, 6.45) is 5.09. The zero-order valence-electron chi connectivity index (χ0n) is 18.1. The van der Waals surface area contributed by atoms with Crippen LogP contribution in [0, 0.1) is 13.8 Å². The molecule has 1 aliphatic rings. The van der Waals surface area contributed by atoms with Crippen LogP contribution in [0.2, 0.25) is 0 Å². The van der Waals surface area contributed by atoms with E-state index in [9.17, 15) is 4.79 Å². The molecule has 1 aliphatic carbocycles. The number of benzene rings is 2. The third-order valence-electron chi connectivity index (χ3n) is 5.73. The molecule has 0 fully saturated rings. The van der Waals surface area contributed by atoms with Gasteiger partial charge in [-0.05, 0) is 50.1 Å². The van der Waals surface area contributed by atoms with Crippen LogP contribution in [0.15, 0.2) is 66.7 Å². The number of ether oxygens (including phenoxy) is 1. The van der Waals surface area contributed by atoms with Gasteiger partial charge in [0.15, 0.2) is 0 Å². The summed E-state index contributed by atoms with van der Waals surface area (Å²) in [4.78, 5) is 12.3. The normalized spacial score (nSPS) is 17.5. The summed E-state index contributed by atoms with van der Waals surface area (Å²) < 4.78 is 7.23. The van der Waals surface area contributed by atoms with Gasteiger partial charge in [-0.15, -0.1) is 0 Å². The fourth-order valence-corrected chi connectivity index (χ4v) is 4.18. The molecule has 2 aromatic carbocycles. The summed E-state index contributed by atoms with van der Waals surface area (Å²) in [6, 6.07) is 17.6. The molecule has 0 saturated heterocycles. The van der Waals surface area contributed by atoms with Gasteiger partial charge in [-0.2, -0.15) is 5.10 Å². The molecule has 2 N–H and O–H groups in total. The van der Waals surface area contributed by atoms with E-state index in [1.165, 1.54) is 5.56 Å². The molecule has 4 rings (SSSR count). The third-order valence-corrected chi connectivity index (χ3v) is 5.73. The predicted molar refractivity (Wildman–Crippen MR) is 122 cm³/mol. The maximum atomic E-state index is 12.3. The number of rotatable bonds is 6. The molecule has 1 heterocycles. The minimum Gasteiger partial charge on any atom is -0.497 e. The van der Waals surface area contributed by atoms with Gasteiger partial charge in [0, 0.05) is 29.8 Å². The molecule has 0 radical (unpaired) electrons. The molecule has 0 aliphatic heterocycles. The Morgan fingerprint density at radius 1 is 1.10 bits per heavy atom. The molecule has 1 aromatic heterocycles. The highest BCUT2D eigenvalue weighted by molar-refractivity contribution is 5.74. The number of aryl methyl sites for hydroxylation is 1. The van der Waals surface area contributed by atoms with E-state index in [1.54, 1.807) is 7.11 Å². The minimum absolute atomic E-state index is 0.00362. The van der Waals surface area contributed by atoms with Gasteiger partial charge in [0.25, 0.3) is 0 Å². The van der Waals surface area contributed by atoms with E-state index in [1.807, 2.05) is 66.2 Å². The topological polar surface area (TPSA) is 68.2 Å². The van der Waals surface area contributed by atoms with Crippen molar-refractivity contribution in [3.05, 3.63) is 89.3 Å². The second kappa shape index (κ2) is 9.08. The van der Waals surface area contributed by atoms with Gasteiger partial charge >= 0.3 is 6.03 Å². The number of allylic oxidation sites excluding steroid dienone is 1. The Bertz CT molecular complexity index is 1070. The van der Waals surface area contributed by atoms with E-state index in [2.05, 4.69) is 29.7 Å². The lowest BCUT2D eigenvalue weighted by molar-refractivity contribution is 0.238. The van der Waals surface area contributed by atoms with Gasteiger partial charge in [-0.3, -0.25) is 0 Å². The van der Waals surface area contributed by atoms with E-state index in [4.69, 9.17) is 9.84 Å². The number of nitrogens with zero attached hydrogens (tertiary/aromatic N) is 2. The zero-order valence-corrected chi connectivity index (χ0v) is 18.1. The average Bonchev–Trinajstić information content (AvgIpc) is 3.36. The molecule has 0 bridgehead atoms. The van der Waals surface area contributed by atoms with Crippen LogP contribution in [-0.4, -0.2) is 29.0 Å². The van der Waals surface area contributed by atoms with E-state index < -0.39 is 0 Å². The summed E-state index contributed by atoms with van der Waals surface area (Å²) in [5, 5.41) is 10.8. The van der Waals surface area contributed by atoms with Crippen molar-refractivity contribution in [2.24, 2.45) is 0 Å². The SMILES string of the molecule is COc1ccc(-n2nc(C)c([C@H]3C=C[C@@H](NC(=O)NCc4ccccc4)C3)c2C)cc1. The van der Waals surface area contributed by atoms with Gasteiger partial charge in [0.2, 0.25) is 0 Å². The molecule has 6 heteroatoms. The summed E-state index contributed by atoms with van der Waals surface area (Å²) in [6.45, 7) is 4.66. The number of nitrogens with one attached hydrogen (secondary N) is 2. The Morgan fingerprint density at radius 3 is 2.55 bits per heavy atom. The summed E-state index contributed by atoms with van der Waals surface area (Å²) in [5.41, 5.74) is 5.43. The van der Waals surface area contributed by atoms with Crippen LogP contribution in [0.25, 0.3) is 5.69 Å². The van der Waals surface area contributed by atoms with Crippen LogP contribution in [-0.2, 0) is 6.54 Å². The Balaban J connectivity index is 1.39. The molecule has 6 nitrogen and oxygen atoms in total. The Kier molecular flexibility index (Phi) is 6.07. The van der Waals surface area contributed by atoms with Crippen LogP contribution in [0.4, 0.5) is 4.79 Å². The van der Waals surface area contributed by atoms with Crippen molar-refractivity contribution in [1.29, 1.82) is 0 Å². The maximum absolute atomic E-state index is 12.3. The Labute approximate surface area is 182 Å². The van der Waals surface area contributed by atoms with Crippen molar-refractivity contribution in [2.45, 2.75) is 38.8 Å². The molecular formula is C25H28N4O2. The van der Waals surface area contributed by atoms with Crippen LogP contribution in [0.5, 0.6) is 5.75 Å². The number of carbonyl (C=O) groups excluding carboxylic acids is 1. The first-order chi connectivity index (χ1) is 15.0. The smallest absolute Gasteiger partial charge is 0.315 e. The zero-order chi connectivity index (χ0) is 21.8. The van der Waals surface area contributed by atoms with Crippen molar-refractivity contribution in [3.8, 4) is 11.4 Å². The lowest BCUT2D eigenvalue weighted by Gasteiger charge is -2.15. The second-order valence-electron chi connectivity index (χ2n) is 7.84. The quantitative estimate of drug-likeness (QED) is 0.585. The first kappa shape index (κ1) is 20.7. The number of methoxy groups -OCH3 is 1. The fraction of sp³-hybridized carbons (Fsp3) is 0.280. The highest BCUT2D eigenvalue weighted by Gasteiger charge is 2.27. The molecule has 0 spiro atoms. The van der Waals surface area contributed by atoms with Gasteiger partial charge in [-0.1, -0.05) is 42.5 Å². The van der Waals surface area contributed by atoms with Crippen molar-refractivity contribution in [2.75, 3.05) is 7.11 Å². The van der Waals surface area contributed by atoms with Crippen molar-refractivity contribution in [3.63, 3.8) is 0 Å². The number of hydrogen-bond donors (Lipinski definition) is 2. The number of amides is 2. The minimum atomic E-state index is -0.151. The van der Waals surface area contributed by atoms with Crippen LogP contribution < -0.4 is 15.4 Å². The summed E-state index contributed by atoms with van der Waals surface area (Å²) in [5.74, 6) is 1.05. The van der Waals surface area contributed by atoms with Gasteiger partial charge in [-0.25, -0.2) is 9.48 Å². The molecule has 160 valence electrons. The summed E-state index contributed by atoms with van der Waals surface area (Å²) >= 11 is 0. The lowest BCUT2D eigenvalue weighted by atomic mass is 9.96. The molecule has 2 amide bonds. The molecule has 0 saturated carbocycles. The number of urea groups is 1. The highest BCUT2D eigenvalue weighted by atomic mass is 16.5. The van der Waals surface area contributed by atoms with Crippen LogP contribution in [0.1, 0.15) is 34.9 Å². The van der Waals surface area contributed by atoms with Crippen molar-refractivity contribution in [1.82, 2.24) is 20.4 Å². The molecule has 2 atom stereocenters. The van der Waals surface area contributed by atoms with E-state index >= 15 is 0 Å². The standard InChI is InChI=1S/C25H28N4O2/c1-17-24(18(2)29(28-17)22-11-13-23(31-3)14-12-22)20-9-10-21(15-20)27-25(30)26-16-19-7-5-4-6-8-19/h4-14,20-21H,15-16H2,1-3H3,(H2,26,27,30)/t20-,21+/m0/s1. The third kappa shape index (κ3) is 4.63. The van der Waals surface area contributed by atoms with Crippen molar-refractivity contribution >= 4 is 6.03 Å². The Hall–Kier alpha value is -3.54. The number of carbonyl (C=O) groups is 1. The maximum Gasteiger partial charge on any atom is 0.315 e. The monoisotopic (exact) mass is 416 g/mol. The second-order valence-corrected chi connectivity index (χ2v) is 7.84. The number of hydrogen-bond acceptors (Lipinski definition) is 3. The Morgan fingerprint density at radius 2 is 1.84 bits per heavy atom. The molecule has 0 unspecified atom stereocenters. The lowest BCUT2D eigenvalue weighted by Crippen LogP contribution is -2.40. The number of aromatic nitrogens is 2. The van der Waals surface area contributed by atoms with Crippen LogP contribution >= 0.6 is 0 Å². The van der Waals surface area contributed by atoms with E-state index in [0.29, 0.717) is 6.54 Å². The van der Waals surface area contributed by atoms with Gasteiger partial charge in [0.1, 0.15) is 5.75 Å². The largest absolute Gasteiger partial charge is 0.497 e. The first-order valence-corrected chi connectivity index (χ1v) is 10.5. The van der Waals surface area contributed by atoms with Crippen LogP contribution in [0.3, 0.4) is 0 Å². The van der Waals surface area contributed by atoms with E-state index in [0.717, 1.165) is 34.8 Å². The highest BCUT2D eigenvalue weighted by Crippen LogP contribution is 2.34. The summed E-state index contributed by atoms with van der Waals surface area (Å²) in [7, 11) is 1.66. The van der Waals surface area contributed by atoms with Gasteiger partial charge in [0.05, 0.1) is 18.5 Å². The predicted octanol–water partition coefficient (Wildman–Crippen LogP) is 4.41. The molecule has 3 aromatic rings.